The van der Waals surface area contributed by atoms with Crippen molar-refractivity contribution in [2.45, 2.75) is 4.90 Å². The number of aromatic carboxylic acids is 2. The molecule has 102 valence electrons. The molecule has 9 nitrogen and oxygen atoms in total. The number of isocyanates is 1. The van der Waals surface area contributed by atoms with Crippen molar-refractivity contribution in [2.24, 2.45) is 0 Å². The first kappa shape index (κ1) is 18.4. The summed E-state index contributed by atoms with van der Waals surface area (Å²) in [5, 5.41) is 23.0. The maximum atomic E-state index is 11.1. The summed E-state index contributed by atoms with van der Waals surface area (Å²) >= 11 is 0.200. The van der Waals surface area contributed by atoms with E-state index in [9.17, 15) is 18.0 Å². The van der Waals surface area contributed by atoms with Crippen LogP contribution in [0.15, 0.2) is 17.0 Å². The fourth-order valence-electron chi connectivity index (χ4n) is 1.38. The van der Waals surface area contributed by atoms with Crippen molar-refractivity contribution in [1.29, 1.82) is 5.41 Å². The van der Waals surface area contributed by atoms with Gasteiger partial charge >= 0.3 is 114 Å². The van der Waals surface area contributed by atoms with Crippen molar-refractivity contribution in [1.82, 2.24) is 0 Å². The van der Waals surface area contributed by atoms with E-state index in [-0.39, 0.29) is 30.7 Å². The van der Waals surface area contributed by atoms with Gasteiger partial charge in [0.15, 0.2) is 0 Å². The first-order valence-corrected chi connectivity index (χ1v) is 7.13. The average Bonchev–Trinajstić information content (AvgIpc) is 2.27. The summed E-state index contributed by atoms with van der Waals surface area (Å²) in [7, 11) is -4.92. The predicted octanol–water partition coefficient (Wildman–Crippen LogP) is -0.976. The van der Waals surface area contributed by atoms with Gasteiger partial charge in [0.05, 0.1) is 0 Å². The fourth-order valence-corrected chi connectivity index (χ4v) is 3.13. The van der Waals surface area contributed by atoms with E-state index in [1.165, 1.54) is 6.07 Å². The van der Waals surface area contributed by atoms with Crippen LogP contribution in [0.1, 0.15) is 20.7 Å². The number of carbonyl (C=O) groups excluding carboxylic acids is 1. The quantitative estimate of drug-likeness (QED) is 0.239. The number of benzene rings is 1. The number of hydrogen-bond donors (Lipinski definition) is 4. The van der Waals surface area contributed by atoms with Crippen molar-refractivity contribution < 1.29 is 37.6 Å². The molecule has 4 N–H and O–H groups in total. The molecule has 0 aliphatic rings. The molecule has 0 bridgehead atoms. The Kier molecular flexibility index (Phi) is 6.73. The molecule has 0 spiro atoms. The zero-order valence-electron chi connectivity index (χ0n) is 9.95. The molecule has 0 aliphatic heterocycles. The van der Waals surface area contributed by atoms with Gasteiger partial charge in [0, 0.05) is 0 Å². The Bertz CT molecular complexity index is 690. The number of carboxylic acid groups (broad SMARTS) is 2. The van der Waals surface area contributed by atoms with E-state index in [0.29, 0.717) is 0 Å². The monoisotopic (exact) mass is 311 g/mol. The standard InChI is InChI=1S/C8H5O7S.CHNO.Na/c9-7(10)4-2-1-3-5(8(11)12)6(4)16(13,14)15;2-1-3;/h1-2H,(H,9,10)(H,11,12)(H,13,14,15);2H;. The molecule has 1 aromatic rings. The summed E-state index contributed by atoms with van der Waals surface area (Å²) in [6.07, 6.45) is 0.750. The van der Waals surface area contributed by atoms with Crippen LogP contribution in [0.3, 0.4) is 0 Å². The van der Waals surface area contributed by atoms with Gasteiger partial charge < -0.3 is 0 Å². The Hall–Kier alpha value is -1.55. The molecule has 0 atom stereocenters. The zero-order valence-corrected chi connectivity index (χ0v) is 12.8. The molecule has 1 rings (SSSR count). The third-order valence-electron chi connectivity index (χ3n) is 2.07. The SMILES string of the molecule is N=C=O.O=C(O)c1cc[c]([Na])c(C(=O)O)c1S(=O)(=O)O. The maximum absolute atomic E-state index is 11.1. The summed E-state index contributed by atoms with van der Waals surface area (Å²) in [4.78, 5) is 29.0. The normalized spacial score (nSPS) is 9.95. The Morgan fingerprint density at radius 1 is 1.20 bits per heavy atom. The number of rotatable bonds is 3. The second kappa shape index (κ2) is 7.29. The van der Waals surface area contributed by atoms with Crippen molar-refractivity contribution in [2.75, 3.05) is 0 Å². The minimum absolute atomic E-state index is 0.176. The van der Waals surface area contributed by atoms with Crippen LogP contribution in [0.4, 0.5) is 0 Å². The summed E-state index contributed by atoms with van der Waals surface area (Å²) in [6.45, 7) is 0. The Morgan fingerprint density at radius 2 is 1.65 bits per heavy atom. The molecule has 0 aromatic heterocycles. The van der Waals surface area contributed by atoms with Crippen molar-refractivity contribution in [3.8, 4) is 0 Å². The average molecular weight is 311 g/mol. The van der Waals surface area contributed by atoms with Crippen molar-refractivity contribution in [3.63, 3.8) is 0 Å². The third kappa shape index (κ3) is 4.53. The van der Waals surface area contributed by atoms with E-state index in [4.69, 9.17) is 25.0 Å². The third-order valence-corrected chi connectivity index (χ3v) is 3.84. The molecular weight excluding hydrogens is 305 g/mol. The summed E-state index contributed by atoms with van der Waals surface area (Å²) < 4.78 is 31.3. The molecule has 20 heavy (non-hydrogen) atoms. The molecule has 0 heterocycles. The molecule has 0 unspecified atom stereocenters. The van der Waals surface area contributed by atoms with Gasteiger partial charge in [0.1, 0.15) is 0 Å². The van der Waals surface area contributed by atoms with Gasteiger partial charge in [-0.15, -0.1) is 0 Å². The summed E-state index contributed by atoms with van der Waals surface area (Å²) in [6, 6.07) is 2.17. The summed E-state index contributed by atoms with van der Waals surface area (Å²) in [5.74, 6) is -3.22. The molecule has 0 amide bonds. The molecule has 11 heteroatoms. The minimum atomic E-state index is -4.92. The van der Waals surface area contributed by atoms with Crippen LogP contribution in [0.2, 0.25) is 0 Å². The number of nitrogens with one attached hydrogen (secondary N) is 1. The van der Waals surface area contributed by atoms with Crippen LogP contribution in [0.25, 0.3) is 0 Å². The number of carboxylic acids is 2. The second-order valence-electron chi connectivity index (χ2n) is 3.32. The molecule has 0 saturated heterocycles. The van der Waals surface area contributed by atoms with Crippen LogP contribution in [0, 0.1) is 5.41 Å². The van der Waals surface area contributed by atoms with E-state index < -0.39 is 38.1 Å². The van der Waals surface area contributed by atoms with Gasteiger partial charge in [-0.05, 0) is 0 Å². The van der Waals surface area contributed by atoms with E-state index in [0.717, 1.165) is 12.1 Å². The van der Waals surface area contributed by atoms with E-state index in [1.807, 2.05) is 0 Å². The molecule has 1 aromatic carbocycles. The Morgan fingerprint density at radius 3 is 1.95 bits per heavy atom. The summed E-state index contributed by atoms with van der Waals surface area (Å²) in [5.41, 5.74) is -1.44. The fraction of sp³-hybridized carbons (Fsp3) is 0. The molecular formula is C9H6NNaO8S. The molecule has 0 saturated carbocycles. The van der Waals surface area contributed by atoms with Gasteiger partial charge in [0.2, 0.25) is 6.08 Å². The van der Waals surface area contributed by atoms with Crippen LogP contribution in [-0.2, 0) is 14.9 Å². The van der Waals surface area contributed by atoms with Gasteiger partial charge in [-0.25, -0.2) is 10.2 Å². The number of carbonyl (C=O) groups is 2. The molecule has 0 fully saturated rings. The van der Waals surface area contributed by atoms with Gasteiger partial charge in [0.25, 0.3) is 0 Å². The van der Waals surface area contributed by atoms with Gasteiger partial charge in [-0.1, -0.05) is 0 Å². The van der Waals surface area contributed by atoms with Crippen LogP contribution in [0.5, 0.6) is 0 Å². The van der Waals surface area contributed by atoms with Crippen LogP contribution < -0.4 is 2.81 Å². The zero-order chi connectivity index (χ0) is 16.1. The van der Waals surface area contributed by atoms with Gasteiger partial charge in [-0.3, -0.25) is 0 Å². The Labute approximate surface area is 129 Å². The number of hydrogen-bond acceptors (Lipinski definition) is 6. The predicted molar refractivity (Wildman–Crippen MR) is 64.0 cm³/mol. The van der Waals surface area contributed by atoms with E-state index in [1.54, 1.807) is 0 Å². The first-order chi connectivity index (χ1) is 9.07. The second-order valence-corrected chi connectivity index (χ2v) is 5.76. The Balaban J connectivity index is 0.00000110. The van der Waals surface area contributed by atoms with Crippen molar-refractivity contribution in [3.05, 3.63) is 23.3 Å². The van der Waals surface area contributed by atoms with E-state index >= 15 is 0 Å². The van der Waals surface area contributed by atoms with Crippen LogP contribution in [-0.4, -0.2) is 69.1 Å². The molecule has 0 aliphatic carbocycles. The van der Waals surface area contributed by atoms with Gasteiger partial charge in [-0.2, -0.15) is 0 Å². The van der Waals surface area contributed by atoms with Crippen LogP contribution >= 0.6 is 0 Å². The van der Waals surface area contributed by atoms with Crippen molar-refractivity contribution >= 4 is 58.9 Å². The first-order valence-electron chi connectivity index (χ1n) is 4.69. The van der Waals surface area contributed by atoms with E-state index in [2.05, 4.69) is 0 Å². The molecule has 0 radical (unpaired) electrons. The topological polar surface area (TPSA) is 170 Å².